The maximum Gasteiger partial charge on any atom is 0.135 e. The number of aryl methyl sites for hydroxylation is 1. The smallest absolute Gasteiger partial charge is 0.135 e. The fourth-order valence-corrected chi connectivity index (χ4v) is 2.05. The minimum Gasteiger partial charge on any atom is -0.373 e. The van der Waals surface area contributed by atoms with E-state index in [-0.39, 0.29) is 0 Å². The lowest BCUT2D eigenvalue weighted by Gasteiger charge is -2.07. The molecule has 0 aliphatic rings. The largest absolute Gasteiger partial charge is 0.373 e. The molecule has 2 rings (SSSR count). The van der Waals surface area contributed by atoms with Gasteiger partial charge in [0.15, 0.2) is 0 Å². The van der Waals surface area contributed by atoms with E-state index in [1.54, 1.807) is 0 Å². The normalized spacial score (nSPS) is 10.5. The molecular weight excluding hydrogens is 258 g/mol. The van der Waals surface area contributed by atoms with Gasteiger partial charge in [0.2, 0.25) is 0 Å². The molecule has 0 saturated carbocycles. The van der Waals surface area contributed by atoms with Crippen LogP contribution in [0, 0.1) is 0 Å². The van der Waals surface area contributed by atoms with Crippen LogP contribution in [0.3, 0.4) is 0 Å². The Kier molecular flexibility index (Phi) is 4.74. The summed E-state index contributed by atoms with van der Waals surface area (Å²) in [7, 11) is 1.88. The number of nitrogens with one attached hydrogen (secondary N) is 1. The van der Waals surface area contributed by atoms with Crippen LogP contribution in [0.4, 0.5) is 5.82 Å². The Morgan fingerprint density at radius 2 is 1.89 bits per heavy atom. The Labute approximate surface area is 119 Å². The van der Waals surface area contributed by atoms with E-state index >= 15 is 0 Å². The Bertz CT molecular complexity index is 538. The van der Waals surface area contributed by atoms with Gasteiger partial charge in [-0.15, -0.1) is 0 Å². The highest BCUT2D eigenvalue weighted by Gasteiger charge is 2.05. The highest BCUT2D eigenvalue weighted by Crippen LogP contribution is 2.14. The second-order valence-corrected chi connectivity index (χ2v) is 4.90. The van der Waals surface area contributed by atoms with Gasteiger partial charge in [-0.1, -0.05) is 37.1 Å². The molecule has 19 heavy (non-hydrogen) atoms. The molecule has 0 aliphatic heterocycles. The number of nitrogens with zero attached hydrogens (tertiary/aromatic N) is 2. The standard InChI is InChI=1S/C15H18ClN3/c1-3-4-13-10-14(17-2)19-15(18-13)9-11-5-7-12(16)8-6-11/h5-8,10H,3-4,9H2,1-2H3,(H,17,18,19). The first-order valence-electron chi connectivity index (χ1n) is 6.50. The van der Waals surface area contributed by atoms with Crippen molar-refractivity contribution in [3.63, 3.8) is 0 Å². The zero-order valence-corrected chi connectivity index (χ0v) is 12.0. The first kappa shape index (κ1) is 13.8. The van der Waals surface area contributed by atoms with E-state index in [9.17, 15) is 0 Å². The van der Waals surface area contributed by atoms with Crippen LogP contribution in [0.25, 0.3) is 0 Å². The van der Waals surface area contributed by atoms with E-state index < -0.39 is 0 Å². The van der Waals surface area contributed by atoms with Crippen LogP contribution in [0.2, 0.25) is 5.02 Å². The fraction of sp³-hybridized carbons (Fsp3) is 0.333. The van der Waals surface area contributed by atoms with Crippen molar-refractivity contribution >= 4 is 17.4 Å². The van der Waals surface area contributed by atoms with Crippen molar-refractivity contribution in [2.75, 3.05) is 12.4 Å². The van der Waals surface area contributed by atoms with Gasteiger partial charge < -0.3 is 5.32 Å². The molecule has 0 aliphatic carbocycles. The van der Waals surface area contributed by atoms with Gasteiger partial charge in [-0.2, -0.15) is 0 Å². The summed E-state index contributed by atoms with van der Waals surface area (Å²) in [5.41, 5.74) is 2.26. The first-order valence-corrected chi connectivity index (χ1v) is 6.88. The molecular formula is C15H18ClN3. The second kappa shape index (κ2) is 6.53. The van der Waals surface area contributed by atoms with Gasteiger partial charge in [-0.25, -0.2) is 9.97 Å². The summed E-state index contributed by atoms with van der Waals surface area (Å²) < 4.78 is 0. The summed E-state index contributed by atoms with van der Waals surface area (Å²) in [6.07, 6.45) is 2.79. The van der Waals surface area contributed by atoms with Gasteiger partial charge >= 0.3 is 0 Å². The van der Waals surface area contributed by atoms with Crippen LogP contribution >= 0.6 is 11.6 Å². The van der Waals surface area contributed by atoms with E-state index in [2.05, 4.69) is 22.2 Å². The van der Waals surface area contributed by atoms with Crippen molar-refractivity contribution in [1.29, 1.82) is 0 Å². The van der Waals surface area contributed by atoms with Crippen molar-refractivity contribution in [2.45, 2.75) is 26.2 Å². The molecule has 0 spiro atoms. The van der Waals surface area contributed by atoms with Crippen LogP contribution in [0.5, 0.6) is 0 Å². The highest BCUT2D eigenvalue weighted by molar-refractivity contribution is 6.30. The summed E-state index contributed by atoms with van der Waals surface area (Å²) >= 11 is 5.89. The lowest BCUT2D eigenvalue weighted by Crippen LogP contribution is -2.04. The number of hydrogen-bond donors (Lipinski definition) is 1. The molecule has 2 aromatic rings. The van der Waals surface area contributed by atoms with E-state index in [0.717, 1.165) is 41.6 Å². The molecule has 0 bridgehead atoms. The number of rotatable bonds is 5. The lowest BCUT2D eigenvalue weighted by molar-refractivity contribution is 0.843. The van der Waals surface area contributed by atoms with Crippen LogP contribution in [-0.4, -0.2) is 17.0 Å². The minimum atomic E-state index is 0.726. The Balaban J connectivity index is 2.23. The van der Waals surface area contributed by atoms with Crippen molar-refractivity contribution in [3.05, 3.63) is 52.4 Å². The summed E-state index contributed by atoms with van der Waals surface area (Å²) in [5.74, 6) is 1.72. The number of hydrogen-bond acceptors (Lipinski definition) is 3. The van der Waals surface area contributed by atoms with Gasteiger partial charge in [0.25, 0.3) is 0 Å². The van der Waals surface area contributed by atoms with Crippen LogP contribution in [0.1, 0.15) is 30.4 Å². The summed E-state index contributed by atoms with van der Waals surface area (Å²) in [6.45, 7) is 2.15. The van der Waals surface area contributed by atoms with Crippen molar-refractivity contribution in [1.82, 2.24) is 9.97 Å². The molecule has 3 nitrogen and oxygen atoms in total. The van der Waals surface area contributed by atoms with E-state index in [0.29, 0.717) is 0 Å². The number of aromatic nitrogens is 2. The molecule has 1 aromatic carbocycles. The second-order valence-electron chi connectivity index (χ2n) is 4.46. The molecule has 4 heteroatoms. The molecule has 0 amide bonds. The van der Waals surface area contributed by atoms with Gasteiger partial charge in [-0.3, -0.25) is 0 Å². The van der Waals surface area contributed by atoms with Crippen LogP contribution in [0.15, 0.2) is 30.3 Å². The zero-order chi connectivity index (χ0) is 13.7. The quantitative estimate of drug-likeness (QED) is 0.904. The topological polar surface area (TPSA) is 37.8 Å². The number of anilines is 1. The summed E-state index contributed by atoms with van der Waals surface area (Å²) in [5, 5.41) is 3.84. The van der Waals surface area contributed by atoms with E-state index in [1.165, 1.54) is 5.56 Å². The Morgan fingerprint density at radius 1 is 1.16 bits per heavy atom. The third-order valence-corrected chi connectivity index (χ3v) is 3.12. The van der Waals surface area contributed by atoms with Crippen molar-refractivity contribution < 1.29 is 0 Å². The van der Waals surface area contributed by atoms with Gasteiger partial charge in [0, 0.05) is 30.3 Å². The summed E-state index contributed by atoms with van der Waals surface area (Å²) in [4.78, 5) is 9.10. The Hall–Kier alpha value is -1.61. The van der Waals surface area contributed by atoms with Crippen LogP contribution < -0.4 is 5.32 Å². The number of halogens is 1. The van der Waals surface area contributed by atoms with Crippen molar-refractivity contribution in [2.24, 2.45) is 0 Å². The lowest BCUT2D eigenvalue weighted by atomic mass is 10.1. The van der Waals surface area contributed by atoms with Gasteiger partial charge in [-0.05, 0) is 24.1 Å². The SMILES string of the molecule is CCCc1cc(NC)nc(Cc2ccc(Cl)cc2)n1. The maximum absolute atomic E-state index is 5.89. The van der Waals surface area contributed by atoms with Crippen LogP contribution in [-0.2, 0) is 12.8 Å². The molecule has 1 aromatic heterocycles. The molecule has 100 valence electrons. The maximum atomic E-state index is 5.89. The van der Waals surface area contributed by atoms with Crippen molar-refractivity contribution in [3.8, 4) is 0 Å². The Morgan fingerprint density at radius 3 is 2.53 bits per heavy atom. The molecule has 1 heterocycles. The molecule has 0 radical (unpaired) electrons. The zero-order valence-electron chi connectivity index (χ0n) is 11.3. The van der Waals surface area contributed by atoms with E-state index in [1.807, 2.05) is 37.4 Å². The monoisotopic (exact) mass is 275 g/mol. The molecule has 0 unspecified atom stereocenters. The van der Waals surface area contributed by atoms with Gasteiger partial charge in [0.1, 0.15) is 11.6 Å². The minimum absolute atomic E-state index is 0.726. The average molecular weight is 276 g/mol. The predicted molar refractivity (Wildman–Crippen MR) is 79.8 cm³/mol. The molecule has 0 fully saturated rings. The first-order chi connectivity index (χ1) is 9.21. The van der Waals surface area contributed by atoms with Gasteiger partial charge in [0.05, 0.1) is 0 Å². The molecule has 1 N–H and O–H groups in total. The van der Waals surface area contributed by atoms with E-state index in [4.69, 9.17) is 11.6 Å². The average Bonchev–Trinajstić information content (AvgIpc) is 2.41. The number of benzene rings is 1. The highest BCUT2D eigenvalue weighted by atomic mass is 35.5. The molecule has 0 atom stereocenters. The predicted octanol–water partition coefficient (Wildman–Crippen LogP) is 3.72. The third kappa shape index (κ3) is 3.93. The summed E-state index contributed by atoms with van der Waals surface area (Å²) in [6, 6.07) is 9.82. The third-order valence-electron chi connectivity index (χ3n) is 2.86. The molecule has 0 saturated heterocycles. The fourth-order valence-electron chi connectivity index (χ4n) is 1.93.